The summed E-state index contributed by atoms with van der Waals surface area (Å²) < 4.78 is 3.27. The molecule has 1 aliphatic heterocycles. The first kappa shape index (κ1) is 13.0. The molecule has 0 bridgehead atoms. The number of benzene rings is 1. The molecule has 0 radical (unpaired) electrons. The van der Waals surface area contributed by atoms with E-state index in [0.29, 0.717) is 5.69 Å². The molecule has 5 heteroatoms. The molecule has 0 fully saturated rings. The molecular weight excluding hydrogens is 276 g/mol. The summed E-state index contributed by atoms with van der Waals surface area (Å²) in [5.74, 6) is 0.847. The summed E-state index contributed by atoms with van der Waals surface area (Å²) in [5, 5.41) is 4.49. The van der Waals surface area contributed by atoms with Crippen molar-refractivity contribution in [3.8, 4) is 5.69 Å². The third kappa shape index (κ3) is 1.97. The van der Waals surface area contributed by atoms with Gasteiger partial charge >= 0.3 is 5.69 Å². The third-order valence-electron chi connectivity index (χ3n) is 4.16. The van der Waals surface area contributed by atoms with Crippen molar-refractivity contribution in [3.05, 3.63) is 76.2 Å². The van der Waals surface area contributed by atoms with Crippen LogP contribution in [0.1, 0.15) is 29.5 Å². The van der Waals surface area contributed by atoms with Gasteiger partial charge in [-0.15, -0.1) is 5.10 Å². The summed E-state index contributed by atoms with van der Waals surface area (Å²) in [7, 11) is 0. The van der Waals surface area contributed by atoms with Crippen LogP contribution in [0.25, 0.3) is 5.69 Å². The van der Waals surface area contributed by atoms with Gasteiger partial charge in [0.15, 0.2) is 0 Å². The number of fused-ring (bicyclic) bond motifs is 1. The molecule has 2 aromatic heterocycles. The molecule has 1 atom stereocenters. The van der Waals surface area contributed by atoms with E-state index >= 15 is 0 Å². The fourth-order valence-corrected chi connectivity index (χ4v) is 3.04. The van der Waals surface area contributed by atoms with Crippen LogP contribution in [0.15, 0.2) is 53.5 Å². The summed E-state index contributed by atoms with van der Waals surface area (Å²) in [6, 6.07) is 14.0. The van der Waals surface area contributed by atoms with Gasteiger partial charge in [-0.05, 0) is 31.0 Å². The van der Waals surface area contributed by atoms with Crippen molar-refractivity contribution in [1.29, 1.82) is 0 Å². The topological polar surface area (TPSA) is 52.7 Å². The van der Waals surface area contributed by atoms with Crippen molar-refractivity contribution in [1.82, 2.24) is 19.3 Å². The smallest absolute Gasteiger partial charge is 0.271 e. The Kier molecular flexibility index (Phi) is 2.92. The van der Waals surface area contributed by atoms with E-state index in [4.69, 9.17) is 0 Å². The SMILES string of the molecule is Cc1ccc(-n2nc3n(c2=O)[C@H](c2ccccc2)CC3)cn1. The minimum atomic E-state index is -0.0907. The van der Waals surface area contributed by atoms with Gasteiger partial charge in [0.05, 0.1) is 17.9 Å². The molecule has 0 amide bonds. The first-order valence-corrected chi connectivity index (χ1v) is 7.42. The quantitative estimate of drug-likeness (QED) is 0.728. The Labute approximate surface area is 127 Å². The van der Waals surface area contributed by atoms with Gasteiger partial charge in [0.1, 0.15) is 5.82 Å². The molecule has 4 rings (SSSR count). The Morgan fingerprint density at radius 1 is 1.14 bits per heavy atom. The van der Waals surface area contributed by atoms with Crippen molar-refractivity contribution < 1.29 is 0 Å². The van der Waals surface area contributed by atoms with E-state index < -0.39 is 0 Å². The highest BCUT2D eigenvalue weighted by molar-refractivity contribution is 5.29. The number of aryl methyl sites for hydroxylation is 2. The number of hydrogen-bond donors (Lipinski definition) is 0. The number of nitrogens with zero attached hydrogens (tertiary/aromatic N) is 4. The summed E-state index contributed by atoms with van der Waals surface area (Å²) in [4.78, 5) is 17.0. The Morgan fingerprint density at radius 3 is 2.68 bits per heavy atom. The molecule has 22 heavy (non-hydrogen) atoms. The van der Waals surface area contributed by atoms with Gasteiger partial charge in [-0.25, -0.2) is 4.79 Å². The Balaban J connectivity index is 1.81. The maximum absolute atomic E-state index is 12.8. The second-order valence-electron chi connectivity index (χ2n) is 5.60. The molecule has 3 aromatic rings. The molecule has 0 saturated carbocycles. The monoisotopic (exact) mass is 292 g/mol. The van der Waals surface area contributed by atoms with Gasteiger partial charge < -0.3 is 0 Å². The van der Waals surface area contributed by atoms with Crippen molar-refractivity contribution in [3.63, 3.8) is 0 Å². The zero-order chi connectivity index (χ0) is 15.1. The molecule has 0 aliphatic carbocycles. The minimum absolute atomic E-state index is 0.0795. The van der Waals surface area contributed by atoms with Crippen molar-refractivity contribution >= 4 is 0 Å². The van der Waals surface area contributed by atoms with Gasteiger partial charge in [0.25, 0.3) is 0 Å². The predicted molar refractivity (Wildman–Crippen MR) is 83.3 cm³/mol. The van der Waals surface area contributed by atoms with E-state index in [9.17, 15) is 4.79 Å². The molecule has 0 N–H and O–H groups in total. The summed E-state index contributed by atoms with van der Waals surface area (Å²) >= 11 is 0. The minimum Gasteiger partial charge on any atom is -0.271 e. The average Bonchev–Trinajstić information content (AvgIpc) is 3.10. The van der Waals surface area contributed by atoms with Crippen molar-refractivity contribution in [2.45, 2.75) is 25.8 Å². The first-order valence-electron chi connectivity index (χ1n) is 7.42. The fourth-order valence-electron chi connectivity index (χ4n) is 3.04. The van der Waals surface area contributed by atoms with E-state index in [1.807, 2.05) is 41.8 Å². The normalized spacial score (nSPS) is 16.7. The van der Waals surface area contributed by atoms with Crippen molar-refractivity contribution in [2.24, 2.45) is 0 Å². The zero-order valence-corrected chi connectivity index (χ0v) is 12.3. The van der Waals surface area contributed by atoms with E-state index in [0.717, 1.165) is 29.9 Å². The maximum atomic E-state index is 12.8. The molecule has 0 unspecified atom stereocenters. The largest absolute Gasteiger partial charge is 0.351 e. The lowest BCUT2D eigenvalue weighted by molar-refractivity contribution is 0.587. The lowest BCUT2D eigenvalue weighted by Gasteiger charge is -2.11. The first-order chi connectivity index (χ1) is 10.7. The van der Waals surface area contributed by atoms with Gasteiger partial charge in [-0.2, -0.15) is 4.68 Å². The van der Waals surface area contributed by atoms with Crippen LogP contribution in [0.2, 0.25) is 0 Å². The molecule has 0 saturated heterocycles. The standard InChI is InChI=1S/C17H16N4O/c1-12-7-8-14(11-18-12)21-17(22)20-15(9-10-16(20)19-21)13-5-3-2-4-6-13/h2-8,11,15H,9-10H2,1H3/t15-/m0/s1. The number of pyridine rings is 1. The zero-order valence-electron chi connectivity index (χ0n) is 12.3. The molecule has 110 valence electrons. The Bertz CT molecular complexity index is 862. The molecule has 3 heterocycles. The number of hydrogen-bond acceptors (Lipinski definition) is 3. The van der Waals surface area contributed by atoms with E-state index in [1.54, 1.807) is 6.20 Å². The van der Waals surface area contributed by atoms with E-state index in [2.05, 4.69) is 22.2 Å². The highest BCUT2D eigenvalue weighted by atomic mass is 16.2. The highest BCUT2D eigenvalue weighted by Crippen LogP contribution is 2.29. The van der Waals surface area contributed by atoms with Crippen LogP contribution in [0.5, 0.6) is 0 Å². The number of rotatable bonds is 2. The lowest BCUT2D eigenvalue weighted by Crippen LogP contribution is -2.26. The van der Waals surface area contributed by atoms with Crippen LogP contribution in [0, 0.1) is 6.92 Å². The van der Waals surface area contributed by atoms with Crippen LogP contribution in [0.3, 0.4) is 0 Å². The molecule has 1 aromatic carbocycles. The third-order valence-corrected chi connectivity index (χ3v) is 4.16. The van der Waals surface area contributed by atoms with Gasteiger partial charge in [0.2, 0.25) is 0 Å². The average molecular weight is 292 g/mol. The predicted octanol–water partition coefficient (Wildman–Crippen LogP) is 2.27. The molecule has 1 aliphatic rings. The van der Waals surface area contributed by atoms with Crippen LogP contribution in [-0.4, -0.2) is 19.3 Å². The second kappa shape index (κ2) is 4.94. The highest BCUT2D eigenvalue weighted by Gasteiger charge is 2.29. The summed E-state index contributed by atoms with van der Waals surface area (Å²) in [5.41, 5.74) is 2.70. The van der Waals surface area contributed by atoms with Crippen LogP contribution < -0.4 is 5.69 Å². The van der Waals surface area contributed by atoms with E-state index in [-0.39, 0.29) is 11.7 Å². The molecular formula is C17H16N4O. The summed E-state index contributed by atoms with van der Waals surface area (Å²) in [6.45, 7) is 1.92. The van der Waals surface area contributed by atoms with Crippen LogP contribution in [-0.2, 0) is 6.42 Å². The van der Waals surface area contributed by atoms with E-state index in [1.165, 1.54) is 4.68 Å². The molecule has 5 nitrogen and oxygen atoms in total. The second-order valence-corrected chi connectivity index (χ2v) is 5.60. The Hall–Kier alpha value is -2.69. The van der Waals surface area contributed by atoms with Crippen LogP contribution in [0.4, 0.5) is 0 Å². The van der Waals surface area contributed by atoms with Crippen molar-refractivity contribution in [2.75, 3.05) is 0 Å². The summed E-state index contributed by atoms with van der Waals surface area (Å²) in [6.07, 6.45) is 3.44. The van der Waals surface area contributed by atoms with Gasteiger partial charge in [0, 0.05) is 12.1 Å². The van der Waals surface area contributed by atoms with Gasteiger partial charge in [-0.3, -0.25) is 9.55 Å². The fraction of sp³-hybridized carbons (Fsp3) is 0.235. The molecule has 0 spiro atoms. The van der Waals surface area contributed by atoms with Gasteiger partial charge in [-0.1, -0.05) is 30.3 Å². The lowest BCUT2D eigenvalue weighted by atomic mass is 10.1. The number of aromatic nitrogens is 4. The van der Waals surface area contributed by atoms with Crippen LogP contribution >= 0.6 is 0 Å². The maximum Gasteiger partial charge on any atom is 0.351 e. The Morgan fingerprint density at radius 2 is 1.95 bits per heavy atom.